The van der Waals surface area contributed by atoms with Crippen molar-refractivity contribution in [3.63, 3.8) is 0 Å². The average Bonchev–Trinajstić information content (AvgIpc) is 3.45. The summed E-state index contributed by atoms with van der Waals surface area (Å²) in [7, 11) is 0. The SMILES string of the molecule is CCN(CC)CCN(C(=O)c1cc([N+](=O)[O-])cc([N+](=O)[O-])c1)c1nc2cc3c(cc2s1)OCO3.Cl. The number of hydrogen-bond acceptors (Lipinski definition) is 10. The van der Waals surface area contributed by atoms with Crippen LogP contribution in [-0.4, -0.2) is 58.6 Å². The molecule has 0 atom stereocenters. The van der Waals surface area contributed by atoms with Gasteiger partial charge in [-0.2, -0.15) is 0 Å². The molecule has 4 rings (SSSR count). The first-order valence-electron chi connectivity index (χ1n) is 10.5. The van der Waals surface area contributed by atoms with Crippen LogP contribution in [0.5, 0.6) is 11.5 Å². The quantitative estimate of drug-likeness (QED) is 0.297. The molecule has 0 fully saturated rings. The van der Waals surface area contributed by atoms with Crippen molar-refractivity contribution in [2.45, 2.75) is 13.8 Å². The Hall–Kier alpha value is -3.55. The maximum atomic E-state index is 13.5. The van der Waals surface area contributed by atoms with Gasteiger partial charge in [0.1, 0.15) is 0 Å². The lowest BCUT2D eigenvalue weighted by molar-refractivity contribution is -0.394. The highest BCUT2D eigenvalue weighted by Crippen LogP contribution is 2.40. The first kappa shape index (κ1) is 26.1. The number of thiazole rings is 1. The van der Waals surface area contributed by atoms with Gasteiger partial charge in [0.05, 0.1) is 31.7 Å². The van der Waals surface area contributed by atoms with Gasteiger partial charge >= 0.3 is 0 Å². The van der Waals surface area contributed by atoms with Crippen LogP contribution < -0.4 is 14.4 Å². The van der Waals surface area contributed by atoms with E-state index >= 15 is 0 Å². The molecule has 2 aromatic carbocycles. The number of nitro benzene ring substituents is 2. The number of likely N-dealkylation sites (N-methyl/N-ethyl adjacent to an activating group) is 1. The number of nitro groups is 2. The lowest BCUT2D eigenvalue weighted by atomic mass is 10.1. The Morgan fingerprint density at radius 2 is 1.60 bits per heavy atom. The van der Waals surface area contributed by atoms with E-state index in [2.05, 4.69) is 9.88 Å². The fraction of sp³-hybridized carbons (Fsp3) is 0.333. The highest BCUT2D eigenvalue weighted by Gasteiger charge is 2.27. The number of nitrogens with zero attached hydrogens (tertiary/aromatic N) is 5. The molecular weight excluding hydrogens is 502 g/mol. The van der Waals surface area contributed by atoms with Crippen LogP contribution in [0.1, 0.15) is 24.2 Å². The maximum absolute atomic E-state index is 13.5. The summed E-state index contributed by atoms with van der Waals surface area (Å²) in [6.45, 7) is 6.42. The zero-order valence-electron chi connectivity index (χ0n) is 18.8. The Balaban J connectivity index is 0.00000342. The van der Waals surface area contributed by atoms with E-state index in [9.17, 15) is 25.0 Å². The van der Waals surface area contributed by atoms with Crippen LogP contribution in [0.25, 0.3) is 10.2 Å². The molecule has 14 heteroatoms. The number of benzene rings is 2. The van der Waals surface area contributed by atoms with E-state index in [0.29, 0.717) is 28.7 Å². The minimum absolute atomic E-state index is 0. The van der Waals surface area contributed by atoms with Gasteiger partial charge in [-0.1, -0.05) is 25.2 Å². The number of carbonyl (C=O) groups excluding carboxylic acids is 1. The highest BCUT2D eigenvalue weighted by molar-refractivity contribution is 7.22. The monoisotopic (exact) mass is 523 g/mol. The molecule has 1 aliphatic rings. The molecule has 1 aliphatic heterocycles. The molecule has 0 saturated carbocycles. The number of hydrogen-bond donors (Lipinski definition) is 0. The van der Waals surface area contributed by atoms with Crippen molar-refractivity contribution in [2.24, 2.45) is 0 Å². The van der Waals surface area contributed by atoms with Gasteiger partial charge in [-0.15, -0.1) is 12.4 Å². The molecular formula is C21H22ClN5O7S. The van der Waals surface area contributed by atoms with Gasteiger partial charge in [-0.25, -0.2) is 4.98 Å². The number of amides is 1. The Morgan fingerprint density at radius 1 is 1.00 bits per heavy atom. The first-order chi connectivity index (χ1) is 16.3. The van der Waals surface area contributed by atoms with Crippen molar-refractivity contribution in [3.05, 3.63) is 56.1 Å². The van der Waals surface area contributed by atoms with E-state index in [-0.39, 0.29) is 31.3 Å². The van der Waals surface area contributed by atoms with E-state index in [0.717, 1.165) is 36.0 Å². The minimum Gasteiger partial charge on any atom is -0.454 e. The average molecular weight is 524 g/mol. The number of carbonyl (C=O) groups is 1. The summed E-state index contributed by atoms with van der Waals surface area (Å²) in [6.07, 6.45) is 0. The summed E-state index contributed by atoms with van der Waals surface area (Å²) >= 11 is 1.25. The molecule has 12 nitrogen and oxygen atoms in total. The van der Waals surface area contributed by atoms with E-state index in [1.807, 2.05) is 13.8 Å². The summed E-state index contributed by atoms with van der Waals surface area (Å²) in [5, 5.41) is 23.0. The second kappa shape index (κ2) is 10.8. The highest BCUT2D eigenvalue weighted by atomic mass is 35.5. The third-order valence-corrected chi connectivity index (χ3v) is 6.49. The van der Waals surface area contributed by atoms with E-state index < -0.39 is 27.1 Å². The number of fused-ring (bicyclic) bond motifs is 2. The van der Waals surface area contributed by atoms with Gasteiger partial charge in [-0.3, -0.25) is 29.9 Å². The van der Waals surface area contributed by atoms with Crippen LogP contribution in [-0.2, 0) is 0 Å². The van der Waals surface area contributed by atoms with Crippen molar-refractivity contribution in [1.29, 1.82) is 0 Å². The van der Waals surface area contributed by atoms with E-state index in [4.69, 9.17) is 9.47 Å². The van der Waals surface area contributed by atoms with Gasteiger partial charge in [0.25, 0.3) is 17.3 Å². The summed E-state index contributed by atoms with van der Waals surface area (Å²) < 4.78 is 11.6. The molecule has 0 spiro atoms. The second-order valence-electron chi connectivity index (χ2n) is 7.41. The fourth-order valence-corrected chi connectivity index (χ4v) is 4.57. The molecule has 1 aromatic heterocycles. The van der Waals surface area contributed by atoms with Crippen LogP contribution in [0.15, 0.2) is 30.3 Å². The maximum Gasteiger partial charge on any atom is 0.277 e. The van der Waals surface area contributed by atoms with Gasteiger partial charge in [0.15, 0.2) is 16.6 Å². The second-order valence-corrected chi connectivity index (χ2v) is 8.41. The van der Waals surface area contributed by atoms with Gasteiger partial charge in [0, 0.05) is 37.4 Å². The molecule has 0 N–H and O–H groups in total. The number of non-ortho nitro benzene ring substituents is 2. The summed E-state index contributed by atoms with van der Waals surface area (Å²) in [6, 6.07) is 6.43. The van der Waals surface area contributed by atoms with Crippen molar-refractivity contribution in [1.82, 2.24) is 9.88 Å². The number of anilines is 1. The fourth-order valence-electron chi connectivity index (χ4n) is 3.57. The third-order valence-electron chi connectivity index (χ3n) is 5.45. The van der Waals surface area contributed by atoms with Gasteiger partial charge in [0.2, 0.25) is 6.79 Å². The standard InChI is InChI=1S/C21H21N5O7S.ClH/c1-3-23(4-2)5-6-24(20(27)13-7-14(25(28)29)9-15(8-13)26(30)31)21-22-16-10-17-18(33-12-32-17)11-19(16)34-21;/h7-11H,3-6,12H2,1-2H3;1H. The number of aromatic nitrogens is 1. The molecule has 0 bridgehead atoms. The van der Waals surface area contributed by atoms with Crippen molar-refractivity contribution in [3.8, 4) is 11.5 Å². The van der Waals surface area contributed by atoms with Gasteiger partial charge < -0.3 is 14.4 Å². The Kier molecular flexibility index (Phi) is 8.04. The van der Waals surface area contributed by atoms with Crippen LogP contribution in [0.3, 0.4) is 0 Å². The summed E-state index contributed by atoms with van der Waals surface area (Å²) in [5.41, 5.74) is -0.615. The lowest BCUT2D eigenvalue weighted by Crippen LogP contribution is -2.38. The lowest BCUT2D eigenvalue weighted by Gasteiger charge is -2.24. The van der Waals surface area contributed by atoms with E-state index in [1.165, 1.54) is 16.2 Å². The molecule has 0 radical (unpaired) electrons. The van der Waals surface area contributed by atoms with Crippen molar-refractivity contribution < 1.29 is 24.1 Å². The summed E-state index contributed by atoms with van der Waals surface area (Å²) in [5.74, 6) is 0.524. The smallest absolute Gasteiger partial charge is 0.277 e. The molecule has 0 saturated heterocycles. The van der Waals surface area contributed by atoms with E-state index in [1.54, 1.807) is 12.1 Å². The predicted molar refractivity (Wildman–Crippen MR) is 132 cm³/mol. The Labute approximate surface area is 209 Å². The van der Waals surface area contributed by atoms with Crippen LogP contribution >= 0.6 is 23.7 Å². The predicted octanol–water partition coefficient (Wildman–Crippen LogP) is 4.25. The minimum atomic E-state index is -0.761. The first-order valence-corrected chi connectivity index (χ1v) is 11.3. The summed E-state index contributed by atoms with van der Waals surface area (Å²) in [4.78, 5) is 42.7. The zero-order valence-corrected chi connectivity index (χ0v) is 20.5. The Morgan fingerprint density at radius 3 is 2.17 bits per heavy atom. The molecule has 3 aromatic rings. The third kappa shape index (κ3) is 5.42. The van der Waals surface area contributed by atoms with Gasteiger partial charge in [-0.05, 0) is 13.1 Å². The van der Waals surface area contributed by atoms with Crippen LogP contribution in [0.2, 0.25) is 0 Å². The molecule has 0 aliphatic carbocycles. The van der Waals surface area contributed by atoms with Crippen molar-refractivity contribution >= 4 is 56.4 Å². The zero-order chi connectivity index (χ0) is 24.4. The topological polar surface area (TPSA) is 141 Å². The molecule has 1 amide bonds. The molecule has 35 heavy (non-hydrogen) atoms. The molecule has 2 heterocycles. The number of rotatable bonds is 9. The van der Waals surface area contributed by atoms with Crippen molar-refractivity contribution in [2.75, 3.05) is 37.9 Å². The van der Waals surface area contributed by atoms with Crippen LogP contribution in [0.4, 0.5) is 16.5 Å². The number of ether oxygens (including phenoxy) is 2. The Bertz CT molecular complexity index is 1210. The molecule has 186 valence electrons. The largest absolute Gasteiger partial charge is 0.454 e. The van der Waals surface area contributed by atoms with Crippen LogP contribution in [0, 0.1) is 20.2 Å². The molecule has 0 unspecified atom stereocenters. The normalized spacial score (nSPS) is 12.0. The number of halogens is 1.